The maximum Gasteiger partial charge on any atom is 0.254 e. The van der Waals surface area contributed by atoms with Crippen molar-refractivity contribution in [3.8, 4) is 0 Å². The van der Waals surface area contributed by atoms with Gasteiger partial charge < -0.3 is 10.2 Å². The number of carbonyl (C=O) groups excluding carboxylic acids is 2. The lowest BCUT2D eigenvalue weighted by Gasteiger charge is -2.40. The fourth-order valence-corrected chi connectivity index (χ4v) is 4.90. The second-order valence-corrected chi connectivity index (χ2v) is 8.68. The van der Waals surface area contributed by atoms with Crippen LogP contribution in [-0.2, 0) is 11.3 Å². The summed E-state index contributed by atoms with van der Waals surface area (Å²) in [6.45, 7) is 2.47. The predicted molar refractivity (Wildman–Crippen MR) is 118 cm³/mol. The molecule has 1 unspecified atom stereocenters. The van der Waals surface area contributed by atoms with Crippen LogP contribution in [0, 0.1) is 17.6 Å². The first-order chi connectivity index (χ1) is 15.5. The lowest BCUT2D eigenvalue weighted by Crippen LogP contribution is -2.57. The lowest BCUT2D eigenvalue weighted by atomic mass is 9.94. The summed E-state index contributed by atoms with van der Waals surface area (Å²) in [6.07, 6.45) is 4.27. The molecule has 2 aromatic rings. The molecule has 2 amide bonds. The molecule has 1 aliphatic heterocycles. The molecular formula is C25H29F2N3O2. The van der Waals surface area contributed by atoms with Gasteiger partial charge in [0.25, 0.3) is 5.91 Å². The van der Waals surface area contributed by atoms with Crippen molar-refractivity contribution < 1.29 is 18.4 Å². The smallest absolute Gasteiger partial charge is 0.254 e. The van der Waals surface area contributed by atoms with E-state index in [0.717, 1.165) is 31.2 Å². The second-order valence-electron chi connectivity index (χ2n) is 8.68. The standard InChI is InChI=1S/C25H29F2N3O2/c26-21-9-3-5-18(15-21)17-28-24(31)23(19-6-1-2-7-19)29-11-13-30(14-12-29)25(32)20-8-4-10-22(27)16-20/h3-5,8-10,15-16,19,23H,1-2,6-7,11-14,17H2,(H,28,31). The minimum atomic E-state index is -0.425. The van der Waals surface area contributed by atoms with Gasteiger partial charge in [-0.25, -0.2) is 8.78 Å². The third kappa shape index (κ3) is 5.33. The third-order valence-corrected chi connectivity index (χ3v) is 6.54. The SMILES string of the molecule is O=C(NCc1cccc(F)c1)C(C1CCCC1)N1CCN(C(=O)c2cccc(F)c2)CC1. The molecule has 1 saturated carbocycles. The summed E-state index contributed by atoms with van der Waals surface area (Å²) in [5.74, 6) is -0.676. The summed E-state index contributed by atoms with van der Waals surface area (Å²) in [5.41, 5.74) is 1.08. The number of nitrogens with one attached hydrogen (secondary N) is 1. The van der Waals surface area contributed by atoms with Crippen molar-refractivity contribution in [1.29, 1.82) is 0 Å². The number of hydrogen-bond donors (Lipinski definition) is 1. The van der Waals surface area contributed by atoms with E-state index in [0.29, 0.717) is 31.7 Å². The summed E-state index contributed by atoms with van der Waals surface area (Å²) in [5, 5.41) is 3.00. The molecule has 32 heavy (non-hydrogen) atoms. The minimum absolute atomic E-state index is 0.0360. The van der Waals surface area contributed by atoms with Gasteiger partial charge >= 0.3 is 0 Å². The Morgan fingerprint density at radius 1 is 0.938 bits per heavy atom. The van der Waals surface area contributed by atoms with Gasteiger partial charge in [-0.15, -0.1) is 0 Å². The quantitative estimate of drug-likeness (QED) is 0.745. The van der Waals surface area contributed by atoms with Gasteiger partial charge in [-0.05, 0) is 54.7 Å². The molecule has 0 aromatic heterocycles. The first kappa shape index (κ1) is 22.4. The summed E-state index contributed by atoms with van der Waals surface area (Å²) in [7, 11) is 0. The number of amides is 2. The maximum atomic E-state index is 13.5. The topological polar surface area (TPSA) is 52.7 Å². The molecule has 0 bridgehead atoms. The van der Waals surface area contributed by atoms with Crippen LogP contribution in [0.5, 0.6) is 0 Å². The summed E-state index contributed by atoms with van der Waals surface area (Å²) < 4.78 is 27.0. The Hall–Kier alpha value is -2.80. The third-order valence-electron chi connectivity index (χ3n) is 6.54. The van der Waals surface area contributed by atoms with Crippen molar-refractivity contribution in [1.82, 2.24) is 15.1 Å². The van der Waals surface area contributed by atoms with Gasteiger partial charge in [0, 0.05) is 38.3 Å². The van der Waals surface area contributed by atoms with Crippen LogP contribution in [0.25, 0.3) is 0 Å². The highest BCUT2D eigenvalue weighted by Crippen LogP contribution is 2.31. The van der Waals surface area contributed by atoms with E-state index in [1.807, 2.05) is 0 Å². The molecule has 1 heterocycles. The zero-order valence-electron chi connectivity index (χ0n) is 18.1. The molecule has 2 aliphatic rings. The number of carbonyl (C=O) groups is 2. The van der Waals surface area contributed by atoms with E-state index in [4.69, 9.17) is 0 Å². The van der Waals surface area contributed by atoms with Crippen LogP contribution in [0.4, 0.5) is 8.78 Å². The van der Waals surface area contributed by atoms with Crippen molar-refractivity contribution in [2.75, 3.05) is 26.2 Å². The molecule has 1 saturated heterocycles. The number of rotatable bonds is 6. The molecule has 4 rings (SSSR count). The Balaban J connectivity index is 1.39. The van der Waals surface area contributed by atoms with Crippen LogP contribution >= 0.6 is 0 Å². The minimum Gasteiger partial charge on any atom is -0.351 e. The van der Waals surface area contributed by atoms with E-state index in [9.17, 15) is 18.4 Å². The Labute approximate surface area is 187 Å². The zero-order valence-corrected chi connectivity index (χ0v) is 18.1. The molecule has 5 nitrogen and oxygen atoms in total. The van der Waals surface area contributed by atoms with Crippen LogP contribution in [0.2, 0.25) is 0 Å². The van der Waals surface area contributed by atoms with Crippen molar-refractivity contribution in [2.45, 2.75) is 38.3 Å². The molecule has 1 atom stereocenters. The summed E-state index contributed by atoms with van der Waals surface area (Å²) in [6, 6.07) is 11.7. The van der Waals surface area contributed by atoms with Crippen LogP contribution in [-0.4, -0.2) is 53.8 Å². The predicted octanol–water partition coefficient (Wildman–Crippen LogP) is 3.60. The number of halogens is 2. The van der Waals surface area contributed by atoms with Crippen molar-refractivity contribution in [3.05, 3.63) is 71.3 Å². The molecule has 2 aromatic carbocycles. The monoisotopic (exact) mass is 441 g/mol. The highest BCUT2D eigenvalue weighted by Gasteiger charge is 2.37. The van der Waals surface area contributed by atoms with Crippen LogP contribution in [0.1, 0.15) is 41.6 Å². The van der Waals surface area contributed by atoms with E-state index in [1.54, 1.807) is 23.1 Å². The van der Waals surface area contributed by atoms with Gasteiger partial charge in [0.2, 0.25) is 5.91 Å². The molecule has 7 heteroatoms. The number of nitrogens with zero attached hydrogens (tertiary/aromatic N) is 2. The van der Waals surface area contributed by atoms with Crippen LogP contribution in [0.15, 0.2) is 48.5 Å². The molecule has 170 valence electrons. The molecule has 1 aliphatic carbocycles. The molecule has 0 spiro atoms. The summed E-state index contributed by atoms with van der Waals surface area (Å²) >= 11 is 0. The van der Waals surface area contributed by atoms with E-state index in [1.165, 1.54) is 30.3 Å². The van der Waals surface area contributed by atoms with Crippen LogP contribution < -0.4 is 5.32 Å². The Morgan fingerprint density at radius 3 is 2.25 bits per heavy atom. The van der Waals surface area contributed by atoms with Crippen molar-refractivity contribution in [3.63, 3.8) is 0 Å². The van der Waals surface area contributed by atoms with Gasteiger partial charge in [-0.1, -0.05) is 31.0 Å². The van der Waals surface area contributed by atoms with Gasteiger partial charge in [0.15, 0.2) is 0 Å². The highest BCUT2D eigenvalue weighted by molar-refractivity contribution is 5.94. The maximum absolute atomic E-state index is 13.5. The van der Waals surface area contributed by atoms with E-state index in [2.05, 4.69) is 10.2 Å². The second kappa shape index (κ2) is 10.2. The fourth-order valence-electron chi connectivity index (χ4n) is 4.90. The fraction of sp³-hybridized carbons (Fsp3) is 0.440. The lowest BCUT2D eigenvalue weighted by molar-refractivity contribution is -0.129. The molecule has 2 fully saturated rings. The molecule has 0 radical (unpaired) electrons. The average molecular weight is 442 g/mol. The van der Waals surface area contributed by atoms with Crippen LogP contribution in [0.3, 0.4) is 0 Å². The summed E-state index contributed by atoms with van der Waals surface area (Å²) in [4.78, 5) is 29.8. The zero-order chi connectivity index (χ0) is 22.5. The van der Waals surface area contributed by atoms with E-state index in [-0.39, 0.29) is 36.1 Å². The van der Waals surface area contributed by atoms with Crippen molar-refractivity contribution >= 4 is 11.8 Å². The number of piperazine rings is 1. The Bertz CT molecular complexity index is 954. The van der Waals surface area contributed by atoms with Gasteiger partial charge in [0.05, 0.1) is 6.04 Å². The Kier molecular flexibility index (Phi) is 7.15. The van der Waals surface area contributed by atoms with Gasteiger partial charge in [-0.2, -0.15) is 0 Å². The molecule has 1 N–H and O–H groups in total. The largest absolute Gasteiger partial charge is 0.351 e. The Morgan fingerprint density at radius 2 is 1.59 bits per heavy atom. The highest BCUT2D eigenvalue weighted by atomic mass is 19.1. The molecular weight excluding hydrogens is 412 g/mol. The first-order valence-electron chi connectivity index (χ1n) is 11.3. The number of benzene rings is 2. The van der Waals surface area contributed by atoms with E-state index < -0.39 is 5.82 Å². The average Bonchev–Trinajstić information content (AvgIpc) is 3.32. The van der Waals surface area contributed by atoms with Crippen molar-refractivity contribution in [2.24, 2.45) is 5.92 Å². The van der Waals surface area contributed by atoms with Gasteiger partial charge in [0.1, 0.15) is 11.6 Å². The normalized spacial score (nSPS) is 18.5. The van der Waals surface area contributed by atoms with E-state index >= 15 is 0 Å². The van der Waals surface area contributed by atoms with Gasteiger partial charge in [-0.3, -0.25) is 14.5 Å². The number of hydrogen-bond acceptors (Lipinski definition) is 3. The first-order valence-corrected chi connectivity index (χ1v) is 11.3.